The standard InChI is InChI=1S/C47H27N3OS/c48-28-29-9-5-13-35(25-29)43-46-44(40-16-2-4-20-42(40)52-46)50-47(49-43)36-14-7-12-34(27-36)33-11-6-10-32(26-33)30-21-23-31(24-22-30)37-17-8-18-39-38-15-1-3-19-41(38)51-45(37)39/h1-27H. The average Bonchev–Trinajstić information content (AvgIpc) is 3.79. The molecule has 52 heavy (non-hydrogen) atoms. The molecule has 7 aromatic carbocycles. The van der Waals surface area contributed by atoms with Crippen LogP contribution < -0.4 is 0 Å². The maximum Gasteiger partial charge on any atom is 0.160 e. The lowest BCUT2D eigenvalue weighted by molar-refractivity contribution is 0.670. The Morgan fingerprint density at radius 3 is 1.96 bits per heavy atom. The van der Waals surface area contributed by atoms with Gasteiger partial charge in [0.15, 0.2) is 5.82 Å². The molecule has 10 rings (SSSR count). The number of rotatable bonds is 5. The SMILES string of the molecule is N#Cc1cccc(-c2nc(-c3cccc(-c4cccc(-c5ccc(-c6cccc7c6oc6ccccc67)cc5)c4)c3)nc3c2sc2ccccc23)c1. The molecule has 242 valence electrons. The van der Waals surface area contributed by atoms with E-state index in [0.717, 1.165) is 92.4 Å². The number of para-hydroxylation sites is 2. The quantitative estimate of drug-likeness (QED) is 0.181. The van der Waals surface area contributed by atoms with E-state index in [-0.39, 0.29) is 0 Å². The summed E-state index contributed by atoms with van der Waals surface area (Å²) in [5, 5.41) is 13.0. The second-order valence-corrected chi connectivity index (χ2v) is 13.9. The van der Waals surface area contributed by atoms with Crippen LogP contribution >= 0.6 is 11.3 Å². The lowest BCUT2D eigenvalue weighted by atomic mass is 9.96. The van der Waals surface area contributed by atoms with Gasteiger partial charge < -0.3 is 4.42 Å². The van der Waals surface area contributed by atoms with Crippen molar-refractivity contribution in [3.05, 3.63) is 169 Å². The fourth-order valence-corrected chi connectivity index (χ4v) is 8.34. The molecule has 0 N–H and O–H groups in total. The van der Waals surface area contributed by atoms with E-state index in [4.69, 9.17) is 14.4 Å². The number of benzene rings is 7. The van der Waals surface area contributed by atoms with E-state index in [9.17, 15) is 5.26 Å². The summed E-state index contributed by atoms with van der Waals surface area (Å²) in [5.41, 5.74) is 12.7. The van der Waals surface area contributed by atoms with Gasteiger partial charge in [-0.3, -0.25) is 0 Å². The lowest BCUT2D eigenvalue weighted by Crippen LogP contribution is -1.94. The van der Waals surface area contributed by atoms with Gasteiger partial charge in [0, 0.05) is 37.5 Å². The third-order valence-electron chi connectivity index (χ3n) is 9.74. The first-order valence-corrected chi connectivity index (χ1v) is 17.9. The molecule has 0 unspecified atom stereocenters. The van der Waals surface area contributed by atoms with Crippen molar-refractivity contribution in [2.24, 2.45) is 0 Å². The largest absolute Gasteiger partial charge is 0.455 e. The summed E-state index contributed by atoms with van der Waals surface area (Å²) in [6, 6.07) is 58.7. The smallest absolute Gasteiger partial charge is 0.160 e. The van der Waals surface area contributed by atoms with E-state index in [1.807, 2.05) is 36.4 Å². The number of nitriles is 1. The summed E-state index contributed by atoms with van der Waals surface area (Å²) in [4.78, 5) is 10.3. The highest BCUT2D eigenvalue weighted by Crippen LogP contribution is 2.40. The van der Waals surface area contributed by atoms with Crippen molar-refractivity contribution in [2.75, 3.05) is 0 Å². The van der Waals surface area contributed by atoms with E-state index in [0.29, 0.717) is 11.4 Å². The minimum atomic E-state index is 0.604. The molecule has 0 atom stereocenters. The zero-order valence-electron chi connectivity index (χ0n) is 27.7. The van der Waals surface area contributed by atoms with Gasteiger partial charge in [0.25, 0.3) is 0 Å². The molecule has 0 bridgehead atoms. The van der Waals surface area contributed by atoms with Crippen molar-refractivity contribution in [3.63, 3.8) is 0 Å². The molecule has 0 aliphatic heterocycles. The molecule has 5 heteroatoms. The Labute approximate surface area is 303 Å². The molecule has 0 amide bonds. The van der Waals surface area contributed by atoms with Gasteiger partial charge >= 0.3 is 0 Å². The van der Waals surface area contributed by atoms with Crippen molar-refractivity contribution in [3.8, 4) is 62.1 Å². The summed E-state index contributed by atoms with van der Waals surface area (Å²) in [6.45, 7) is 0. The molecule has 0 aliphatic rings. The van der Waals surface area contributed by atoms with E-state index in [1.165, 1.54) is 0 Å². The second-order valence-electron chi connectivity index (χ2n) is 12.9. The van der Waals surface area contributed by atoms with Gasteiger partial charge in [0.2, 0.25) is 0 Å². The monoisotopic (exact) mass is 681 g/mol. The molecule has 10 aromatic rings. The minimum absolute atomic E-state index is 0.604. The number of thiophene rings is 1. The van der Waals surface area contributed by atoms with Crippen molar-refractivity contribution in [2.45, 2.75) is 0 Å². The van der Waals surface area contributed by atoms with Crippen LogP contribution in [-0.2, 0) is 0 Å². The van der Waals surface area contributed by atoms with Gasteiger partial charge in [-0.15, -0.1) is 11.3 Å². The first-order valence-electron chi connectivity index (χ1n) is 17.1. The fraction of sp³-hybridized carbons (Fsp3) is 0. The molecule has 0 radical (unpaired) electrons. The highest BCUT2D eigenvalue weighted by molar-refractivity contribution is 7.26. The highest BCUT2D eigenvalue weighted by atomic mass is 32.1. The zero-order valence-corrected chi connectivity index (χ0v) is 28.6. The molecule has 4 nitrogen and oxygen atoms in total. The van der Waals surface area contributed by atoms with E-state index < -0.39 is 0 Å². The molecular formula is C47H27N3OS. The summed E-state index contributed by atoms with van der Waals surface area (Å²) >= 11 is 1.69. The molecule has 3 heterocycles. The highest BCUT2D eigenvalue weighted by Gasteiger charge is 2.18. The Balaban J connectivity index is 1.02. The summed E-state index contributed by atoms with van der Waals surface area (Å²) in [5.74, 6) is 0.654. The molecule has 0 saturated carbocycles. The normalized spacial score (nSPS) is 11.4. The summed E-state index contributed by atoms with van der Waals surface area (Å²) in [6.07, 6.45) is 0. The first kappa shape index (κ1) is 30.0. The van der Waals surface area contributed by atoms with E-state index in [1.54, 1.807) is 11.3 Å². The Bertz CT molecular complexity index is 3040. The summed E-state index contributed by atoms with van der Waals surface area (Å²) < 4.78 is 8.49. The van der Waals surface area contributed by atoms with Crippen LogP contribution in [0.2, 0.25) is 0 Å². The minimum Gasteiger partial charge on any atom is -0.455 e. The van der Waals surface area contributed by atoms with Crippen LogP contribution in [0.1, 0.15) is 5.56 Å². The molecule has 0 spiro atoms. The molecule has 3 aromatic heterocycles. The maximum atomic E-state index is 9.63. The third kappa shape index (κ3) is 5.05. The van der Waals surface area contributed by atoms with Crippen LogP contribution in [0, 0.1) is 11.3 Å². The fourth-order valence-electron chi connectivity index (χ4n) is 7.18. The van der Waals surface area contributed by atoms with Crippen LogP contribution in [-0.4, -0.2) is 9.97 Å². The Kier molecular flexibility index (Phi) is 7.02. The van der Waals surface area contributed by atoms with Crippen LogP contribution in [0.25, 0.3) is 98.3 Å². The van der Waals surface area contributed by atoms with Crippen molar-refractivity contribution in [1.82, 2.24) is 9.97 Å². The van der Waals surface area contributed by atoms with Crippen LogP contribution in [0.15, 0.2) is 168 Å². The van der Waals surface area contributed by atoms with E-state index >= 15 is 0 Å². The Morgan fingerprint density at radius 1 is 0.500 bits per heavy atom. The Morgan fingerprint density at radius 2 is 1.13 bits per heavy atom. The van der Waals surface area contributed by atoms with Crippen molar-refractivity contribution >= 4 is 53.6 Å². The molecule has 0 fully saturated rings. The van der Waals surface area contributed by atoms with Crippen LogP contribution in [0.5, 0.6) is 0 Å². The number of fused-ring (bicyclic) bond motifs is 6. The van der Waals surface area contributed by atoms with Crippen LogP contribution in [0.3, 0.4) is 0 Å². The Hall–Kier alpha value is -6.87. The van der Waals surface area contributed by atoms with Gasteiger partial charge in [-0.05, 0) is 64.2 Å². The van der Waals surface area contributed by atoms with Crippen molar-refractivity contribution < 1.29 is 4.42 Å². The maximum absolute atomic E-state index is 9.63. The molecular weight excluding hydrogens is 655 g/mol. The topological polar surface area (TPSA) is 62.7 Å². The zero-order chi connectivity index (χ0) is 34.6. The molecule has 0 aliphatic carbocycles. The van der Waals surface area contributed by atoms with Gasteiger partial charge in [-0.1, -0.05) is 127 Å². The number of nitrogens with zero attached hydrogens (tertiary/aromatic N) is 3. The third-order valence-corrected chi connectivity index (χ3v) is 10.9. The van der Waals surface area contributed by atoms with Gasteiger partial charge in [-0.2, -0.15) is 5.26 Å². The molecule has 0 saturated heterocycles. The second kappa shape index (κ2) is 12.2. The number of hydrogen-bond acceptors (Lipinski definition) is 5. The van der Waals surface area contributed by atoms with Gasteiger partial charge in [-0.25, -0.2) is 9.97 Å². The number of furan rings is 1. The van der Waals surface area contributed by atoms with E-state index in [2.05, 4.69) is 133 Å². The van der Waals surface area contributed by atoms with Crippen LogP contribution in [0.4, 0.5) is 0 Å². The average molecular weight is 682 g/mol. The predicted molar refractivity (Wildman–Crippen MR) is 214 cm³/mol. The van der Waals surface area contributed by atoms with Crippen molar-refractivity contribution in [1.29, 1.82) is 5.26 Å². The number of aromatic nitrogens is 2. The first-order chi connectivity index (χ1) is 25.7. The summed E-state index contributed by atoms with van der Waals surface area (Å²) in [7, 11) is 0. The van der Waals surface area contributed by atoms with Gasteiger partial charge in [0.1, 0.15) is 11.2 Å². The number of hydrogen-bond donors (Lipinski definition) is 0. The predicted octanol–water partition coefficient (Wildman–Crippen LogP) is 13.0. The lowest BCUT2D eigenvalue weighted by Gasteiger charge is -2.10. The van der Waals surface area contributed by atoms with Gasteiger partial charge in [0.05, 0.1) is 27.5 Å².